The maximum Gasteiger partial charge on any atom is 0.0921 e. The molecule has 0 fully saturated rings. The van der Waals surface area contributed by atoms with E-state index in [1.54, 1.807) is 6.33 Å². The van der Waals surface area contributed by atoms with Crippen LogP contribution in [0, 0.1) is 0 Å². The molecule has 2 heterocycles. The van der Waals surface area contributed by atoms with Crippen LogP contribution in [0.25, 0.3) is 10.9 Å². The number of benzene rings is 1. The van der Waals surface area contributed by atoms with Crippen LogP contribution in [0.2, 0.25) is 0 Å². The van der Waals surface area contributed by atoms with E-state index in [9.17, 15) is 0 Å². The zero-order chi connectivity index (χ0) is 12.2. The topological polar surface area (TPSA) is 53.6 Å². The molecule has 90 valence electrons. The molecule has 0 saturated heterocycles. The van der Waals surface area contributed by atoms with Crippen molar-refractivity contribution in [3.8, 4) is 0 Å². The van der Waals surface area contributed by atoms with Gasteiger partial charge in [0.15, 0.2) is 0 Å². The Hall–Kier alpha value is -2.36. The van der Waals surface area contributed by atoms with E-state index in [1.807, 2.05) is 36.7 Å². The number of rotatable bonds is 4. The Labute approximate surface area is 105 Å². The van der Waals surface area contributed by atoms with Crippen LogP contribution >= 0.6 is 0 Å². The standard InChI is InChI=1S/C14H14N4/c1-2-4-13-12(3-1)14(6-8-17-13)16-7-5-11-9-15-10-18-11/h1-4,6,8-10H,5,7H2,(H,15,18)(H,16,17). The molecule has 3 rings (SSSR count). The normalized spacial score (nSPS) is 10.7. The van der Waals surface area contributed by atoms with Crippen molar-refractivity contribution in [1.82, 2.24) is 15.0 Å². The predicted octanol–water partition coefficient (Wildman–Crippen LogP) is 2.61. The number of para-hydroxylation sites is 1. The first-order chi connectivity index (χ1) is 8.93. The molecule has 4 heteroatoms. The van der Waals surface area contributed by atoms with E-state index in [0.29, 0.717) is 0 Å². The van der Waals surface area contributed by atoms with E-state index in [1.165, 1.54) is 0 Å². The van der Waals surface area contributed by atoms with Gasteiger partial charge in [-0.1, -0.05) is 18.2 Å². The lowest BCUT2D eigenvalue weighted by Crippen LogP contribution is -2.05. The second-order valence-electron chi connectivity index (χ2n) is 4.13. The van der Waals surface area contributed by atoms with Gasteiger partial charge in [0.2, 0.25) is 0 Å². The molecule has 3 aromatic rings. The average molecular weight is 238 g/mol. The summed E-state index contributed by atoms with van der Waals surface area (Å²) >= 11 is 0. The molecule has 0 aliphatic carbocycles. The van der Waals surface area contributed by atoms with Crippen LogP contribution in [0.15, 0.2) is 49.1 Å². The number of anilines is 1. The highest BCUT2D eigenvalue weighted by molar-refractivity contribution is 5.90. The van der Waals surface area contributed by atoms with Gasteiger partial charge >= 0.3 is 0 Å². The van der Waals surface area contributed by atoms with E-state index < -0.39 is 0 Å². The lowest BCUT2D eigenvalue weighted by atomic mass is 10.2. The molecule has 0 radical (unpaired) electrons. The predicted molar refractivity (Wildman–Crippen MR) is 72.5 cm³/mol. The van der Waals surface area contributed by atoms with E-state index >= 15 is 0 Å². The molecule has 2 N–H and O–H groups in total. The molecule has 2 aromatic heterocycles. The van der Waals surface area contributed by atoms with Crippen molar-refractivity contribution in [2.45, 2.75) is 6.42 Å². The fraction of sp³-hybridized carbons (Fsp3) is 0.143. The first-order valence-electron chi connectivity index (χ1n) is 5.98. The van der Waals surface area contributed by atoms with E-state index in [-0.39, 0.29) is 0 Å². The summed E-state index contributed by atoms with van der Waals surface area (Å²) in [6.07, 6.45) is 6.32. The first kappa shape index (κ1) is 10.8. The van der Waals surface area contributed by atoms with Gasteiger partial charge in [0, 0.05) is 42.1 Å². The molecule has 0 spiro atoms. The van der Waals surface area contributed by atoms with Crippen molar-refractivity contribution in [2.24, 2.45) is 0 Å². The number of hydrogen-bond acceptors (Lipinski definition) is 3. The summed E-state index contributed by atoms with van der Waals surface area (Å²) < 4.78 is 0. The summed E-state index contributed by atoms with van der Waals surface area (Å²) in [7, 11) is 0. The Bertz CT molecular complexity index is 626. The van der Waals surface area contributed by atoms with Crippen molar-refractivity contribution in [1.29, 1.82) is 0 Å². The zero-order valence-corrected chi connectivity index (χ0v) is 9.93. The molecule has 0 unspecified atom stereocenters. The van der Waals surface area contributed by atoms with Crippen LogP contribution in [0.1, 0.15) is 5.69 Å². The third-order valence-electron chi connectivity index (χ3n) is 2.91. The number of aromatic amines is 1. The van der Waals surface area contributed by atoms with Crippen molar-refractivity contribution in [3.63, 3.8) is 0 Å². The molecule has 0 aliphatic rings. The highest BCUT2D eigenvalue weighted by atomic mass is 14.9. The molecule has 18 heavy (non-hydrogen) atoms. The highest BCUT2D eigenvalue weighted by Crippen LogP contribution is 2.20. The van der Waals surface area contributed by atoms with Gasteiger partial charge in [-0.05, 0) is 12.1 Å². The summed E-state index contributed by atoms with van der Waals surface area (Å²) in [5.74, 6) is 0. The summed E-state index contributed by atoms with van der Waals surface area (Å²) in [6.45, 7) is 0.871. The Kier molecular flexibility index (Phi) is 2.92. The Morgan fingerprint density at radius 2 is 2.11 bits per heavy atom. The monoisotopic (exact) mass is 238 g/mol. The first-order valence-corrected chi connectivity index (χ1v) is 5.98. The Morgan fingerprint density at radius 1 is 1.17 bits per heavy atom. The van der Waals surface area contributed by atoms with Gasteiger partial charge in [0.25, 0.3) is 0 Å². The molecule has 0 amide bonds. The van der Waals surface area contributed by atoms with Gasteiger partial charge in [-0.15, -0.1) is 0 Å². The molecule has 4 nitrogen and oxygen atoms in total. The Balaban J connectivity index is 1.74. The van der Waals surface area contributed by atoms with Crippen molar-refractivity contribution in [3.05, 3.63) is 54.7 Å². The summed E-state index contributed by atoms with van der Waals surface area (Å²) in [5, 5.41) is 4.60. The molecule has 0 bridgehead atoms. The van der Waals surface area contributed by atoms with Gasteiger partial charge in [-0.3, -0.25) is 4.98 Å². The lowest BCUT2D eigenvalue weighted by Gasteiger charge is -2.08. The fourth-order valence-corrected chi connectivity index (χ4v) is 2.00. The van der Waals surface area contributed by atoms with Crippen molar-refractivity contribution < 1.29 is 0 Å². The molecule has 0 aliphatic heterocycles. The van der Waals surface area contributed by atoms with Crippen LogP contribution in [-0.2, 0) is 6.42 Å². The minimum Gasteiger partial charge on any atom is -0.384 e. The Morgan fingerprint density at radius 3 is 3.00 bits per heavy atom. The molecular formula is C14H14N4. The summed E-state index contributed by atoms with van der Waals surface area (Å²) in [6, 6.07) is 10.2. The third kappa shape index (κ3) is 2.18. The average Bonchev–Trinajstić information content (AvgIpc) is 2.92. The number of nitrogens with one attached hydrogen (secondary N) is 2. The van der Waals surface area contributed by atoms with Crippen LogP contribution < -0.4 is 5.32 Å². The fourth-order valence-electron chi connectivity index (χ4n) is 2.00. The van der Waals surface area contributed by atoms with E-state index in [2.05, 4.69) is 26.3 Å². The van der Waals surface area contributed by atoms with Gasteiger partial charge in [-0.2, -0.15) is 0 Å². The zero-order valence-electron chi connectivity index (χ0n) is 9.93. The summed E-state index contributed by atoms with van der Waals surface area (Å²) in [4.78, 5) is 11.4. The van der Waals surface area contributed by atoms with Gasteiger partial charge in [0.05, 0.1) is 11.8 Å². The van der Waals surface area contributed by atoms with Gasteiger partial charge in [0.1, 0.15) is 0 Å². The van der Waals surface area contributed by atoms with Crippen LogP contribution in [0.5, 0.6) is 0 Å². The van der Waals surface area contributed by atoms with Crippen molar-refractivity contribution >= 4 is 16.6 Å². The van der Waals surface area contributed by atoms with Gasteiger partial charge < -0.3 is 10.3 Å². The maximum absolute atomic E-state index is 4.34. The second kappa shape index (κ2) is 4.87. The number of imidazole rings is 1. The van der Waals surface area contributed by atoms with Crippen LogP contribution in [0.4, 0.5) is 5.69 Å². The third-order valence-corrected chi connectivity index (χ3v) is 2.91. The largest absolute Gasteiger partial charge is 0.384 e. The smallest absolute Gasteiger partial charge is 0.0921 e. The van der Waals surface area contributed by atoms with E-state index in [4.69, 9.17) is 0 Å². The second-order valence-corrected chi connectivity index (χ2v) is 4.13. The van der Waals surface area contributed by atoms with E-state index in [0.717, 1.165) is 35.2 Å². The molecular weight excluding hydrogens is 224 g/mol. The molecule has 0 saturated carbocycles. The number of H-pyrrole nitrogens is 1. The van der Waals surface area contributed by atoms with Crippen LogP contribution in [0.3, 0.4) is 0 Å². The van der Waals surface area contributed by atoms with Crippen molar-refractivity contribution in [2.75, 3.05) is 11.9 Å². The SMILES string of the molecule is c1ccc2c(NCCc3cnc[nH]3)ccnc2c1. The number of aromatic nitrogens is 3. The number of pyridine rings is 1. The van der Waals surface area contributed by atoms with Crippen LogP contribution in [-0.4, -0.2) is 21.5 Å². The number of nitrogens with zero attached hydrogens (tertiary/aromatic N) is 2. The summed E-state index contributed by atoms with van der Waals surface area (Å²) in [5.41, 5.74) is 3.28. The maximum atomic E-state index is 4.34. The molecule has 1 aromatic carbocycles. The number of hydrogen-bond donors (Lipinski definition) is 2. The number of fused-ring (bicyclic) bond motifs is 1. The minimum absolute atomic E-state index is 0.871. The molecule has 0 atom stereocenters. The quantitative estimate of drug-likeness (QED) is 0.734. The van der Waals surface area contributed by atoms with Gasteiger partial charge in [-0.25, -0.2) is 4.98 Å². The minimum atomic E-state index is 0.871. The highest BCUT2D eigenvalue weighted by Gasteiger charge is 2.00. The lowest BCUT2D eigenvalue weighted by molar-refractivity contribution is 0.978.